The fourth-order valence-corrected chi connectivity index (χ4v) is 3.47. The van der Waals surface area contributed by atoms with Gasteiger partial charge < -0.3 is 14.4 Å². The van der Waals surface area contributed by atoms with Crippen LogP contribution in [0.2, 0.25) is 0 Å². The Kier molecular flexibility index (Phi) is 4.98. The summed E-state index contributed by atoms with van der Waals surface area (Å²) in [7, 11) is 1.70. The van der Waals surface area contributed by atoms with Crippen LogP contribution in [0.15, 0.2) is 24.3 Å². The molecule has 0 unspecified atom stereocenters. The van der Waals surface area contributed by atoms with Crippen molar-refractivity contribution in [2.45, 2.75) is 38.2 Å². The number of hydrogen-bond acceptors (Lipinski definition) is 3. The third-order valence-corrected chi connectivity index (χ3v) is 4.79. The van der Waals surface area contributed by atoms with Gasteiger partial charge in [-0.15, -0.1) is 0 Å². The minimum Gasteiger partial charge on any atom is -0.497 e. The standard InChI is InChI=1S/C18H25NO3/c1-21-16-5-2-4-15(13-16)12-14-7-9-19(10-8-14)18(20)17-6-3-11-22-17/h2,4-5,13-14,17H,3,6-12H2,1H3/t17-/m0/s1. The number of benzene rings is 1. The van der Waals surface area contributed by atoms with Crippen LogP contribution in [0.1, 0.15) is 31.2 Å². The second-order valence-electron chi connectivity index (χ2n) is 6.33. The van der Waals surface area contributed by atoms with Gasteiger partial charge in [0.05, 0.1) is 7.11 Å². The second kappa shape index (κ2) is 7.14. The lowest BCUT2D eigenvalue weighted by molar-refractivity contribution is -0.142. The highest BCUT2D eigenvalue weighted by atomic mass is 16.5. The van der Waals surface area contributed by atoms with E-state index in [0.717, 1.165) is 57.6 Å². The van der Waals surface area contributed by atoms with Crippen LogP contribution in [0, 0.1) is 5.92 Å². The van der Waals surface area contributed by atoms with Crippen molar-refractivity contribution in [3.8, 4) is 5.75 Å². The zero-order chi connectivity index (χ0) is 15.4. The van der Waals surface area contributed by atoms with Crippen molar-refractivity contribution < 1.29 is 14.3 Å². The minimum absolute atomic E-state index is 0.171. The molecule has 2 aliphatic rings. The van der Waals surface area contributed by atoms with Gasteiger partial charge in [-0.3, -0.25) is 4.79 Å². The molecule has 22 heavy (non-hydrogen) atoms. The Labute approximate surface area is 132 Å². The summed E-state index contributed by atoms with van der Waals surface area (Å²) in [6, 6.07) is 8.30. The molecule has 0 saturated carbocycles. The van der Waals surface area contributed by atoms with E-state index in [1.165, 1.54) is 5.56 Å². The number of carbonyl (C=O) groups excluding carboxylic acids is 1. The van der Waals surface area contributed by atoms with Crippen molar-refractivity contribution in [1.82, 2.24) is 4.90 Å². The number of amides is 1. The third kappa shape index (κ3) is 3.61. The van der Waals surface area contributed by atoms with Crippen LogP contribution >= 0.6 is 0 Å². The first-order valence-electron chi connectivity index (χ1n) is 8.29. The number of ether oxygens (including phenoxy) is 2. The first-order chi connectivity index (χ1) is 10.8. The van der Waals surface area contributed by atoms with Crippen LogP contribution in [0.5, 0.6) is 5.75 Å². The van der Waals surface area contributed by atoms with Crippen LogP contribution in [0.3, 0.4) is 0 Å². The fourth-order valence-electron chi connectivity index (χ4n) is 3.47. The summed E-state index contributed by atoms with van der Waals surface area (Å²) in [6.45, 7) is 2.48. The Morgan fingerprint density at radius 3 is 2.82 bits per heavy atom. The second-order valence-corrected chi connectivity index (χ2v) is 6.33. The molecule has 2 fully saturated rings. The van der Waals surface area contributed by atoms with Crippen LogP contribution in [0.4, 0.5) is 0 Å². The molecule has 1 atom stereocenters. The monoisotopic (exact) mass is 303 g/mol. The van der Waals surface area contributed by atoms with Crippen molar-refractivity contribution in [3.63, 3.8) is 0 Å². The first kappa shape index (κ1) is 15.3. The van der Waals surface area contributed by atoms with Gasteiger partial charge in [-0.1, -0.05) is 12.1 Å². The fraction of sp³-hybridized carbons (Fsp3) is 0.611. The number of rotatable bonds is 4. The van der Waals surface area contributed by atoms with Crippen LogP contribution in [0.25, 0.3) is 0 Å². The molecule has 0 bridgehead atoms. The van der Waals surface area contributed by atoms with Gasteiger partial charge in [-0.05, 0) is 55.7 Å². The summed E-state index contributed by atoms with van der Waals surface area (Å²) in [4.78, 5) is 14.3. The summed E-state index contributed by atoms with van der Waals surface area (Å²) in [5.41, 5.74) is 1.32. The molecular formula is C18H25NO3. The van der Waals surface area contributed by atoms with Crippen molar-refractivity contribution in [2.75, 3.05) is 26.8 Å². The van der Waals surface area contributed by atoms with Crippen molar-refractivity contribution in [2.24, 2.45) is 5.92 Å². The van der Waals surface area contributed by atoms with Gasteiger partial charge in [0.2, 0.25) is 0 Å². The summed E-state index contributed by atoms with van der Waals surface area (Å²) >= 11 is 0. The van der Waals surface area contributed by atoms with Gasteiger partial charge in [0.25, 0.3) is 5.91 Å². The molecule has 1 aromatic rings. The van der Waals surface area contributed by atoms with Crippen molar-refractivity contribution >= 4 is 5.91 Å². The predicted molar refractivity (Wildman–Crippen MR) is 85.0 cm³/mol. The van der Waals surface area contributed by atoms with E-state index in [1.54, 1.807) is 7.11 Å². The third-order valence-electron chi connectivity index (χ3n) is 4.79. The molecule has 2 aliphatic heterocycles. The Bertz CT molecular complexity index is 503. The molecular weight excluding hydrogens is 278 g/mol. The van der Waals surface area contributed by atoms with Crippen molar-refractivity contribution in [1.29, 1.82) is 0 Å². The average Bonchev–Trinajstić information content (AvgIpc) is 3.09. The van der Waals surface area contributed by atoms with Gasteiger partial charge in [-0.2, -0.15) is 0 Å². The number of nitrogens with zero attached hydrogens (tertiary/aromatic N) is 1. The Hall–Kier alpha value is -1.55. The number of carbonyl (C=O) groups is 1. The van der Waals surface area contributed by atoms with E-state index in [1.807, 2.05) is 17.0 Å². The Morgan fingerprint density at radius 1 is 1.32 bits per heavy atom. The lowest BCUT2D eigenvalue weighted by Crippen LogP contribution is -2.44. The Balaban J connectivity index is 1.49. The lowest BCUT2D eigenvalue weighted by Gasteiger charge is -2.33. The summed E-state index contributed by atoms with van der Waals surface area (Å²) in [5, 5.41) is 0. The molecule has 1 amide bonds. The predicted octanol–water partition coefficient (Wildman–Crippen LogP) is 2.66. The number of methoxy groups -OCH3 is 1. The van der Waals surface area contributed by atoms with E-state index in [0.29, 0.717) is 5.92 Å². The quantitative estimate of drug-likeness (QED) is 0.858. The molecule has 2 heterocycles. The maximum Gasteiger partial charge on any atom is 0.251 e. The summed E-state index contributed by atoms with van der Waals surface area (Å²) in [5.74, 6) is 1.78. The summed E-state index contributed by atoms with van der Waals surface area (Å²) < 4.78 is 10.8. The van der Waals surface area contributed by atoms with E-state index < -0.39 is 0 Å². The molecule has 0 spiro atoms. The van der Waals surface area contributed by atoms with Crippen molar-refractivity contribution in [3.05, 3.63) is 29.8 Å². The van der Waals surface area contributed by atoms with E-state index >= 15 is 0 Å². The SMILES string of the molecule is COc1cccc(CC2CCN(C(=O)[C@@H]3CCCO3)CC2)c1. The molecule has 0 radical (unpaired) electrons. The first-order valence-corrected chi connectivity index (χ1v) is 8.29. The van der Waals surface area contributed by atoms with Gasteiger partial charge in [0.1, 0.15) is 11.9 Å². The molecule has 3 rings (SSSR count). The topological polar surface area (TPSA) is 38.8 Å². The summed E-state index contributed by atoms with van der Waals surface area (Å²) in [6.07, 6.45) is 4.96. The highest BCUT2D eigenvalue weighted by Crippen LogP contribution is 2.25. The van der Waals surface area contributed by atoms with Gasteiger partial charge >= 0.3 is 0 Å². The normalized spacial score (nSPS) is 22.8. The van der Waals surface area contributed by atoms with Crippen LogP contribution in [-0.2, 0) is 16.0 Å². The molecule has 4 heteroatoms. The maximum absolute atomic E-state index is 12.3. The zero-order valence-electron chi connectivity index (χ0n) is 13.3. The van der Waals surface area contributed by atoms with E-state index in [9.17, 15) is 4.79 Å². The highest BCUT2D eigenvalue weighted by molar-refractivity contribution is 5.81. The lowest BCUT2D eigenvalue weighted by atomic mass is 9.90. The maximum atomic E-state index is 12.3. The van der Waals surface area contributed by atoms with Crippen LogP contribution in [-0.4, -0.2) is 43.7 Å². The van der Waals surface area contributed by atoms with Gasteiger partial charge in [0.15, 0.2) is 0 Å². The molecule has 2 saturated heterocycles. The molecule has 0 aromatic heterocycles. The number of piperidine rings is 1. The number of hydrogen-bond donors (Lipinski definition) is 0. The van der Waals surface area contributed by atoms with Gasteiger partial charge in [0, 0.05) is 19.7 Å². The zero-order valence-corrected chi connectivity index (χ0v) is 13.3. The molecule has 1 aromatic carbocycles. The molecule has 0 N–H and O–H groups in total. The van der Waals surface area contributed by atoms with E-state index in [4.69, 9.17) is 9.47 Å². The van der Waals surface area contributed by atoms with Gasteiger partial charge in [-0.25, -0.2) is 0 Å². The Morgan fingerprint density at radius 2 is 2.14 bits per heavy atom. The van der Waals surface area contributed by atoms with E-state index in [-0.39, 0.29) is 12.0 Å². The number of likely N-dealkylation sites (tertiary alicyclic amines) is 1. The molecule has 120 valence electrons. The van der Waals surface area contributed by atoms with E-state index in [2.05, 4.69) is 12.1 Å². The smallest absolute Gasteiger partial charge is 0.251 e. The molecule has 4 nitrogen and oxygen atoms in total. The average molecular weight is 303 g/mol. The highest BCUT2D eigenvalue weighted by Gasteiger charge is 2.30. The largest absolute Gasteiger partial charge is 0.497 e. The minimum atomic E-state index is -0.171. The van der Waals surface area contributed by atoms with Crippen LogP contribution < -0.4 is 4.74 Å². The molecule has 0 aliphatic carbocycles.